The Balaban J connectivity index is 1.96. The fourth-order valence-electron chi connectivity index (χ4n) is 3.18. The summed E-state index contributed by atoms with van der Waals surface area (Å²) < 4.78 is 5.28. The standard InChI is InChI=1S/C17H25N3O/c1-4-20-9-5-6-16(20)13-19(2)12-14-7-8-15(11-18)17(10-14)21-3/h7-8,10,16H,4-6,9,12-13H2,1-3H3. The second-order valence-electron chi connectivity index (χ2n) is 5.77. The molecule has 0 radical (unpaired) electrons. The monoisotopic (exact) mass is 287 g/mol. The highest BCUT2D eigenvalue weighted by atomic mass is 16.5. The van der Waals surface area contributed by atoms with Crippen LogP contribution in [0.2, 0.25) is 0 Å². The maximum absolute atomic E-state index is 9.02. The van der Waals surface area contributed by atoms with Gasteiger partial charge in [-0.1, -0.05) is 13.0 Å². The molecule has 0 spiro atoms. The number of rotatable bonds is 6. The van der Waals surface area contributed by atoms with Crippen molar-refractivity contribution in [1.29, 1.82) is 5.26 Å². The van der Waals surface area contributed by atoms with E-state index < -0.39 is 0 Å². The maximum Gasteiger partial charge on any atom is 0.136 e. The van der Waals surface area contributed by atoms with Gasteiger partial charge in [-0.25, -0.2) is 0 Å². The molecule has 0 aliphatic carbocycles. The highest BCUT2D eigenvalue weighted by molar-refractivity contribution is 5.45. The normalized spacial score (nSPS) is 18.9. The lowest BCUT2D eigenvalue weighted by molar-refractivity contribution is 0.194. The van der Waals surface area contributed by atoms with Gasteiger partial charge in [-0.3, -0.25) is 4.90 Å². The molecule has 4 nitrogen and oxygen atoms in total. The van der Waals surface area contributed by atoms with Crippen LogP contribution in [0.15, 0.2) is 18.2 Å². The summed E-state index contributed by atoms with van der Waals surface area (Å²) in [7, 11) is 3.78. The van der Waals surface area contributed by atoms with Crippen LogP contribution in [0.3, 0.4) is 0 Å². The fraction of sp³-hybridized carbons (Fsp3) is 0.588. The maximum atomic E-state index is 9.02. The zero-order chi connectivity index (χ0) is 15.2. The van der Waals surface area contributed by atoms with Crippen molar-refractivity contribution in [1.82, 2.24) is 9.80 Å². The van der Waals surface area contributed by atoms with Gasteiger partial charge in [-0.05, 0) is 50.7 Å². The van der Waals surface area contributed by atoms with E-state index in [1.807, 2.05) is 18.2 Å². The van der Waals surface area contributed by atoms with Crippen LogP contribution in [-0.2, 0) is 6.54 Å². The molecule has 0 amide bonds. The quantitative estimate of drug-likeness (QED) is 0.806. The first-order valence-corrected chi connectivity index (χ1v) is 7.67. The van der Waals surface area contributed by atoms with Crippen LogP contribution in [0.1, 0.15) is 30.9 Å². The summed E-state index contributed by atoms with van der Waals surface area (Å²) in [6.07, 6.45) is 2.62. The predicted molar refractivity (Wildman–Crippen MR) is 84.3 cm³/mol. The number of nitrogens with zero attached hydrogens (tertiary/aromatic N) is 3. The molecule has 1 aliphatic heterocycles. The van der Waals surface area contributed by atoms with Crippen molar-refractivity contribution in [3.63, 3.8) is 0 Å². The van der Waals surface area contributed by atoms with E-state index >= 15 is 0 Å². The van der Waals surface area contributed by atoms with Crippen LogP contribution >= 0.6 is 0 Å². The Morgan fingerprint density at radius 3 is 2.95 bits per heavy atom. The molecule has 4 heteroatoms. The molecule has 0 N–H and O–H groups in total. The Labute approximate surface area is 127 Å². The van der Waals surface area contributed by atoms with E-state index in [9.17, 15) is 0 Å². The first kappa shape index (κ1) is 15.8. The zero-order valence-electron chi connectivity index (χ0n) is 13.3. The summed E-state index contributed by atoms with van der Waals surface area (Å²) in [6.45, 7) is 6.60. The van der Waals surface area contributed by atoms with Crippen molar-refractivity contribution in [3.05, 3.63) is 29.3 Å². The largest absolute Gasteiger partial charge is 0.495 e. The molecule has 0 saturated carbocycles. The molecule has 1 atom stereocenters. The number of benzene rings is 1. The lowest BCUT2D eigenvalue weighted by Gasteiger charge is -2.27. The topological polar surface area (TPSA) is 39.5 Å². The van der Waals surface area contributed by atoms with Gasteiger partial charge in [0.15, 0.2) is 0 Å². The van der Waals surface area contributed by atoms with Crippen LogP contribution in [0.5, 0.6) is 5.75 Å². The second kappa shape index (κ2) is 7.44. The van der Waals surface area contributed by atoms with Gasteiger partial charge in [0.25, 0.3) is 0 Å². The molecule has 1 aliphatic rings. The van der Waals surface area contributed by atoms with Gasteiger partial charge in [-0.2, -0.15) is 5.26 Å². The molecule has 2 rings (SSSR count). The van der Waals surface area contributed by atoms with Gasteiger partial charge in [0.05, 0.1) is 12.7 Å². The van der Waals surface area contributed by atoms with E-state index in [-0.39, 0.29) is 0 Å². The number of likely N-dealkylation sites (N-methyl/N-ethyl adjacent to an activating group) is 2. The highest BCUT2D eigenvalue weighted by Gasteiger charge is 2.23. The van der Waals surface area contributed by atoms with Crippen LogP contribution in [-0.4, -0.2) is 49.6 Å². The van der Waals surface area contributed by atoms with E-state index in [0.29, 0.717) is 17.4 Å². The Morgan fingerprint density at radius 2 is 2.29 bits per heavy atom. The molecule has 1 fully saturated rings. The molecule has 1 heterocycles. The molecule has 1 aromatic rings. The van der Waals surface area contributed by atoms with E-state index in [1.165, 1.54) is 24.9 Å². The first-order chi connectivity index (χ1) is 10.2. The second-order valence-corrected chi connectivity index (χ2v) is 5.77. The number of likely N-dealkylation sites (tertiary alicyclic amines) is 1. The number of hydrogen-bond donors (Lipinski definition) is 0. The lowest BCUT2D eigenvalue weighted by Crippen LogP contribution is -2.38. The van der Waals surface area contributed by atoms with Crippen LogP contribution < -0.4 is 4.74 Å². The third-order valence-corrected chi connectivity index (χ3v) is 4.27. The number of ether oxygens (including phenoxy) is 1. The van der Waals surface area contributed by atoms with Crippen LogP contribution in [0.4, 0.5) is 0 Å². The smallest absolute Gasteiger partial charge is 0.136 e. The zero-order valence-corrected chi connectivity index (χ0v) is 13.3. The Bertz CT molecular complexity index is 509. The Kier molecular flexibility index (Phi) is 5.60. The van der Waals surface area contributed by atoms with Crippen molar-refractivity contribution >= 4 is 0 Å². The molecule has 114 valence electrons. The predicted octanol–water partition coefficient (Wildman–Crippen LogP) is 2.48. The average Bonchev–Trinajstić information content (AvgIpc) is 2.94. The summed E-state index contributed by atoms with van der Waals surface area (Å²) in [5, 5.41) is 9.02. The SMILES string of the molecule is CCN1CCCC1CN(C)Cc1ccc(C#N)c(OC)c1. The molecule has 1 aromatic carbocycles. The van der Waals surface area contributed by atoms with Crippen molar-refractivity contribution in [2.24, 2.45) is 0 Å². The van der Waals surface area contributed by atoms with E-state index in [4.69, 9.17) is 10.00 Å². The number of methoxy groups -OCH3 is 1. The number of hydrogen-bond acceptors (Lipinski definition) is 4. The molecular weight excluding hydrogens is 262 g/mol. The van der Waals surface area contributed by atoms with Gasteiger partial charge >= 0.3 is 0 Å². The van der Waals surface area contributed by atoms with Crippen molar-refractivity contribution in [2.45, 2.75) is 32.4 Å². The Hall–Kier alpha value is -1.57. The average molecular weight is 287 g/mol. The van der Waals surface area contributed by atoms with E-state index in [0.717, 1.165) is 19.6 Å². The van der Waals surface area contributed by atoms with Gasteiger partial charge in [0.1, 0.15) is 11.8 Å². The van der Waals surface area contributed by atoms with Gasteiger partial charge in [0.2, 0.25) is 0 Å². The molecule has 0 aromatic heterocycles. The molecular formula is C17H25N3O. The van der Waals surface area contributed by atoms with Crippen LogP contribution in [0.25, 0.3) is 0 Å². The van der Waals surface area contributed by atoms with E-state index in [2.05, 4.69) is 29.8 Å². The third-order valence-electron chi connectivity index (χ3n) is 4.27. The molecule has 21 heavy (non-hydrogen) atoms. The summed E-state index contributed by atoms with van der Waals surface area (Å²) in [4.78, 5) is 4.93. The highest BCUT2D eigenvalue weighted by Crippen LogP contribution is 2.21. The van der Waals surface area contributed by atoms with Gasteiger partial charge in [-0.15, -0.1) is 0 Å². The Morgan fingerprint density at radius 1 is 1.48 bits per heavy atom. The summed E-state index contributed by atoms with van der Waals surface area (Å²) >= 11 is 0. The fourth-order valence-corrected chi connectivity index (χ4v) is 3.18. The number of nitriles is 1. The third kappa shape index (κ3) is 3.96. The molecule has 1 unspecified atom stereocenters. The van der Waals surface area contributed by atoms with Gasteiger partial charge in [0, 0.05) is 19.1 Å². The minimum Gasteiger partial charge on any atom is -0.495 e. The van der Waals surface area contributed by atoms with Gasteiger partial charge < -0.3 is 9.64 Å². The van der Waals surface area contributed by atoms with Crippen molar-refractivity contribution in [2.75, 3.05) is 33.8 Å². The van der Waals surface area contributed by atoms with Crippen LogP contribution in [0, 0.1) is 11.3 Å². The minimum atomic E-state index is 0.594. The minimum absolute atomic E-state index is 0.594. The lowest BCUT2D eigenvalue weighted by atomic mass is 10.1. The summed E-state index contributed by atoms with van der Waals surface area (Å²) in [5.74, 6) is 0.666. The van der Waals surface area contributed by atoms with E-state index in [1.54, 1.807) is 7.11 Å². The first-order valence-electron chi connectivity index (χ1n) is 7.67. The molecule has 1 saturated heterocycles. The summed E-state index contributed by atoms with van der Waals surface area (Å²) in [5.41, 5.74) is 1.78. The van der Waals surface area contributed by atoms with Crippen molar-refractivity contribution in [3.8, 4) is 11.8 Å². The van der Waals surface area contributed by atoms with Crippen molar-refractivity contribution < 1.29 is 4.74 Å². The summed E-state index contributed by atoms with van der Waals surface area (Å²) in [6, 6.07) is 8.67. The molecule has 0 bridgehead atoms.